The van der Waals surface area contributed by atoms with Gasteiger partial charge in [0.1, 0.15) is 6.23 Å². The first-order chi connectivity index (χ1) is 6.76. The number of fused-ring (bicyclic) bond motifs is 2. The van der Waals surface area contributed by atoms with Crippen LogP contribution in [-0.4, -0.2) is 28.3 Å². The average Bonchev–Trinajstić information content (AvgIpc) is 2.48. The van der Waals surface area contributed by atoms with Crippen LogP contribution in [0.4, 0.5) is 0 Å². The van der Waals surface area contributed by atoms with Crippen molar-refractivity contribution in [2.45, 2.75) is 70.7 Å². The van der Waals surface area contributed by atoms with Gasteiger partial charge in [-0.1, -0.05) is 20.3 Å². The van der Waals surface area contributed by atoms with E-state index in [1.165, 1.54) is 32.1 Å². The Morgan fingerprint density at radius 3 is 2.21 bits per heavy atom. The lowest BCUT2D eigenvalue weighted by molar-refractivity contribution is -0.0587. The van der Waals surface area contributed by atoms with Gasteiger partial charge in [0.15, 0.2) is 0 Å². The summed E-state index contributed by atoms with van der Waals surface area (Å²) in [6.45, 7) is 4.38. The summed E-state index contributed by atoms with van der Waals surface area (Å²) >= 11 is 0. The molecular formula is C12H23NO. The third-order valence-corrected chi connectivity index (χ3v) is 4.17. The third-order valence-electron chi connectivity index (χ3n) is 4.17. The Bertz CT molecular complexity index is 181. The summed E-state index contributed by atoms with van der Waals surface area (Å²) in [6, 6.07) is 1.38. The van der Waals surface area contributed by atoms with E-state index in [2.05, 4.69) is 18.7 Å². The second-order valence-electron chi connectivity index (χ2n) is 4.97. The van der Waals surface area contributed by atoms with Gasteiger partial charge in [0, 0.05) is 12.1 Å². The number of hydrogen-bond donors (Lipinski definition) is 1. The molecule has 3 unspecified atom stereocenters. The summed E-state index contributed by atoms with van der Waals surface area (Å²) in [7, 11) is 0. The minimum absolute atomic E-state index is 0.176. The highest BCUT2D eigenvalue weighted by Gasteiger charge is 2.42. The predicted molar refractivity (Wildman–Crippen MR) is 58.0 cm³/mol. The monoisotopic (exact) mass is 197 g/mol. The summed E-state index contributed by atoms with van der Waals surface area (Å²) in [5.41, 5.74) is 0. The molecule has 0 aromatic carbocycles. The van der Waals surface area contributed by atoms with Crippen LogP contribution in [0.3, 0.4) is 0 Å². The maximum absolute atomic E-state index is 9.95. The van der Waals surface area contributed by atoms with Gasteiger partial charge in [0.2, 0.25) is 0 Å². The van der Waals surface area contributed by atoms with Gasteiger partial charge in [-0.3, -0.25) is 4.90 Å². The molecule has 3 atom stereocenters. The Morgan fingerprint density at radius 1 is 1.21 bits per heavy atom. The fourth-order valence-electron chi connectivity index (χ4n) is 3.36. The molecule has 0 amide bonds. The number of piperidine rings is 1. The van der Waals surface area contributed by atoms with E-state index in [4.69, 9.17) is 0 Å². The zero-order valence-corrected chi connectivity index (χ0v) is 9.45. The molecule has 2 heterocycles. The fourth-order valence-corrected chi connectivity index (χ4v) is 3.36. The van der Waals surface area contributed by atoms with Gasteiger partial charge in [-0.25, -0.2) is 0 Å². The van der Waals surface area contributed by atoms with E-state index in [0.29, 0.717) is 12.1 Å². The van der Waals surface area contributed by atoms with Gasteiger partial charge in [-0.05, 0) is 38.0 Å². The van der Waals surface area contributed by atoms with Crippen molar-refractivity contribution in [2.24, 2.45) is 5.92 Å². The van der Waals surface area contributed by atoms with Crippen LogP contribution in [0.2, 0.25) is 0 Å². The molecular weight excluding hydrogens is 174 g/mol. The molecule has 0 aromatic heterocycles. The second-order valence-corrected chi connectivity index (χ2v) is 4.97. The van der Waals surface area contributed by atoms with Crippen molar-refractivity contribution >= 4 is 0 Å². The van der Waals surface area contributed by atoms with Crippen molar-refractivity contribution in [1.82, 2.24) is 4.90 Å². The third kappa shape index (κ3) is 1.70. The molecule has 2 nitrogen and oxygen atoms in total. The maximum atomic E-state index is 9.95. The minimum atomic E-state index is -0.176. The number of aliphatic hydroxyl groups is 1. The molecule has 0 saturated carbocycles. The first-order valence-corrected chi connectivity index (χ1v) is 6.21. The molecule has 2 saturated heterocycles. The first kappa shape index (κ1) is 10.4. The standard InChI is InChI=1S/C12H23NO/c1-3-9-7-10-5-6-11(8-9)13(10)12(14)4-2/h9-12,14H,3-8H2,1-2H3. The van der Waals surface area contributed by atoms with Gasteiger partial charge in [0.25, 0.3) is 0 Å². The van der Waals surface area contributed by atoms with Crippen LogP contribution in [-0.2, 0) is 0 Å². The SMILES string of the molecule is CCC1CC2CCC(C1)N2C(O)CC. The molecule has 2 bridgehead atoms. The number of aliphatic hydroxyl groups excluding tert-OH is 1. The number of hydrogen-bond acceptors (Lipinski definition) is 2. The summed E-state index contributed by atoms with van der Waals surface area (Å²) in [5, 5.41) is 9.95. The molecule has 2 rings (SSSR count). The van der Waals surface area contributed by atoms with Crippen molar-refractivity contribution in [2.75, 3.05) is 0 Å². The first-order valence-electron chi connectivity index (χ1n) is 6.21. The average molecular weight is 197 g/mol. The van der Waals surface area contributed by atoms with E-state index in [1.54, 1.807) is 0 Å². The molecule has 0 aliphatic carbocycles. The highest BCUT2D eigenvalue weighted by molar-refractivity contribution is 4.95. The van der Waals surface area contributed by atoms with E-state index >= 15 is 0 Å². The van der Waals surface area contributed by atoms with Crippen LogP contribution in [0.5, 0.6) is 0 Å². The molecule has 2 aliphatic rings. The Balaban J connectivity index is 2.02. The molecule has 0 spiro atoms. The van der Waals surface area contributed by atoms with Crippen LogP contribution < -0.4 is 0 Å². The quantitative estimate of drug-likeness (QED) is 0.751. The molecule has 1 N–H and O–H groups in total. The fraction of sp³-hybridized carbons (Fsp3) is 1.00. The van der Waals surface area contributed by atoms with Crippen LogP contribution in [0, 0.1) is 5.92 Å². The van der Waals surface area contributed by atoms with Gasteiger partial charge >= 0.3 is 0 Å². The second kappa shape index (κ2) is 4.19. The summed E-state index contributed by atoms with van der Waals surface area (Å²) in [6.07, 6.45) is 7.31. The number of rotatable bonds is 3. The van der Waals surface area contributed by atoms with Crippen molar-refractivity contribution in [1.29, 1.82) is 0 Å². The topological polar surface area (TPSA) is 23.5 Å². The van der Waals surface area contributed by atoms with Crippen molar-refractivity contribution < 1.29 is 5.11 Å². The Labute approximate surface area is 87.3 Å². The summed E-state index contributed by atoms with van der Waals surface area (Å²) < 4.78 is 0. The minimum Gasteiger partial charge on any atom is -0.378 e. The lowest BCUT2D eigenvalue weighted by atomic mass is 9.88. The molecule has 2 heteroatoms. The maximum Gasteiger partial charge on any atom is 0.107 e. The van der Waals surface area contributed by atoms with Crippen molar-refractivity contribution in [3.63, 3.8) is 0 Å². The Hall–Kier alpha value is -0.0800. The molecule has 0 radical (unpaired) electrons. The van der Waals surface area contributed by atoms with E-state index in [9.17, 15) is 5.11 Å². The van der Waals surface area contributed by atoms with Gasteiger partial charge < -0.3 is 5.11 Å². The highest BCUT2D eigenvalue weighted by atomic mass is 16.3. The molecule has 0 aromatic rings. The molecule has 2 aliphatic heterocycles. The van der Waals surface area contributed by atoms with Gasteiger partial charge in [-0.15, -0.1) is 0 Å². The van der Waals surface area contributed by atoms with Crippen LogP contribution in [0.25, 0.3) is 0 Å². The molecule has 2 fully saturated rings. The van der Waals surface area contributed by atoms with Crippen molar-refractivity contribution in [3.05, 3.63) is 0 Å². The normalized spacial score (nSPS) is 40.1. The number of nitrogens with zero attached hydrogens (tertiary/aromatic N) is 1. The Morgan fingerprint density at radius 2 is 1.79 bits per heavy atom. The molecule has 82 valence electrons. The van der Waals surface area contributed by atoms with Crippen LogP contribution >= 0.6 is 0 Å². The zero-order chi connectivity index (χ0) is 10.1. The van der Waals surface area contributed by atoms with Crippen molar-refractivity contribution in [3.8, 4) is 0 Å². The summed E-state index contributed by atoms with van der Waals surface area (Å²) in [5.74, 6) is 0.924. The Kier molecular flexibility index (Phi) is 3.13. The van der Waals surface area contributed by atoms with Gasteiger partial charge in [-0.2, -0.15) is 0 Å². The largest absolute Gasteiger partial charge is 0.378 e. The van der Waals surface area contributed by atoms with Crippen LogP contribution in [0.15, 0.2) is 0 Å². The molecule has 14 heavy (non-hydrogen) atoms. The smallest absolute Gasteiger partial charge is 0.107 e. The van der Waals surface area contributed by atoms with E-state index < -0.39 is 0 Å². The lowest BCUT2D eigenvalue weighted by Gasteiger charge is -2.41. The van der Waals surface area contributed by atoms with E-state index in [1.807, 2.05) is 0 Å². The predicted octanol–water partition coefficient (Wildman–Crippen LogP) is 2.37. The summed E-state index contributed by atoms with van der Waals surface area (Å²) in [4.78, 5) is 2.40. The van der Waals surface area contributed by atoms with Crippen LogP contribution in [0.1, 0.15) is 52.4 Å². The lowest BCUT2D eigenvalue weighted by Crippen LogP contribution is -2.48. The zero-order valence-electron chi connectivity index (χ0n) is 9.45. The highest BCUT2D eigenvalue weighted by Crippen LogP contribution is 2.40. The van der Waals surface area contributed by atoms with E-state index in [0.717, 1.165) is 12.3 Å². The van der Waals surface area contributed by atoms with Gasteiger partial charge in [0.05, 0.1) is 0 Å². The van der Waals surface area contributed by atoms with E-state index in [-0.39, 0.29) is 6.23 Å².